The molecule has 2 rings (SSSR count). The van der Waals surface area contributed by atoms with Crippen LogP contribution in [0.15, 0.2) is 47.9 Å². The number of rotatable bonds is 0. The van der Waals surface area contributed by atoms with Crippen molar-refractivity contribution in [3.8, 4) is 0 Å². The molecule has 1 heteroatoms. The highest BCUT2D eigenvalue weighted by molar-refractivity contribution is 5.36. The molecule has 0 saturated carbocycles. The molecule has 2 aliphatic rings. The summed E-state index contributed by atoms with van der Waals surface area (Å²) < 4.78 is 0. The van der Waals surface area contributed by atoms with E-state index in [1.165, 1.54) is 11.4 Å². The number of hydrogen-bond acceptors (Lipinski definition) is 1. The molecule has 13 heavy (non-hydrogen) atoms. The molecule has 0 spiro atoms. The molecule has 0 unspecified atom stereocenters. The minimum absolute atomic E-state index is 1.01. The van der Waals surface area contributed by atoms with Crippen molar-refractivity contribution < 1.29 is 0 Å². The Hall–Kier alpha value is -1.24. The lowest BCUT2D eigenvalue weighted by atomic mass is 10.1. The lowest BCUT2D eigenvalue weighted by Crippen LogP contribution is -2.23. The Kier molecular flexibility index (Phi) is 3.56. The normalized spacial score (nSPS) is 18.2. The molecule has 0 fully saturated rings. The molecule has 1 nitrogen and oxygen atoms in total. The van der Waals surface area contributed by atoms with Gasteiger partial charge < -0.3 is 4.90 Å². The van der Waals surface area contributed by atoms with Gasteiger partial charge in [0.15, 0.2) is 0 Å². The lowest BCUT2D eigenvalue weighted by molar-refractivity contribution is 0.479. The molecule has 2 aliphatic heterocycles. The molecule has 0 aromatic heterocycles. The van der Waals surface area contributed by atoms with Gasteiger partial charge in [-0.05, 0) is 25.2 Å². The summed E-state index contributed by atoms with van der Waals surface area (Å²) in [6.07, 6.45) is 12.8. The van der Waals surface area contributed by atoms with E-state index < -0.39 is 0 Å². The van der Waals surface area contributed by atoms with E-state index in [1.54, 1.807) is 0 Å². The molecule has 0 amide bonds. The third-order valence-corrected chi connectivity index (χ3v) is 2.03. The van der Waals surface area contributed by atoms with Crippen molar-refractivity contribution in [2.24, 2.45) is 0 Å². The Morgan fingerprint density at radius 1 is 1.15 bits per heavy atom. The van der Waals surface area contributed by atoms with Gasteiger partial charge in [-0.3, -0.25) is 0 Å². The van der Waals surface area contributed by atoms with Gasteiger partial charge in [-0.2, -0.15) is 0 Å². The van der Waals surface area contributed by atoms with Crippen LogP contribution >= 0.6 is 0 Å². The first-order valence-corrected chi connectivity index (χ1v) is 4.87. The fourth-order valence-corrected chi connectivity index (χ4v) is 1.40. The highest BCUT2D eigenvalue weighted by atomic mass is 15.1. The summed E-state index contributed by atoms with van der Waals surface area (Å²) >= 11 is 0. The third kappa shape index (κ3) is 2.11. The van der Waals surface area contributed by atoms with Gasteiger partial charge in [0.25, 0.3) is 0 Å². The van der Waals surface area contributed by atoms with Crippen molar-refractivity contribution in [1.82, 2.24) is 4.90 Å². The van der Waals surface area contributed by atoms with E-state index in [2.05, 4.69) is 48.3 Å². The molecule has 0 aliphatic carbocycles. The first-order valence-electron chi connectivity index (χ1n) is 4.87. The summed E-state index contributed by atoms with van der Waals surface area (Å²) in [6.45, 7) is 7.15. The van der Waals surface area contributed by atoms with Crippen LogP contribution in [0.4, 0.5) is 0 Å². The van der Waals surface area contributed by atoms with Gasteiger partial charge in [0, 0.05) is 17.9 Å². The molecule has 0 saturated heterocycles. The molecule has 2 heterocycles. The number of hydrogen-bond donors (Lipinski definition) is 0. The Morgan fingerprint density at radius 2 is 1.92 bits per heavy atom. The highest BCUT2D eigenvalue weighted by Gasteiger charge is 2.11. The van der Waals surface area contributed by atoms with Crippen molar-refractivity contribution in [2.45, 2.75) is 20.8 Å². The van der Waals surface area contributed by atoms with Gasteiger partial charge in [-0.1, -0.05) is 32.1 Å². The van der Waals surface area contributed by atoms with E-state index in [9.17, 15) is 0 Å². The van der Waals surface area contributed by atoms with Crippen molar-refractivity contribution in [3.63, 3.8) is 0 Å². The summed E-state index contributed by atoms with van der Waals surface area (Å²) in [6, 6.07) is 0. The summed E-state index contributed by atoms with van der Waals surface area (Å²) in [4.78, 5) is 2.29. The summed E-state index contributed by atoms with van der Waals surface area (Å²) in [7, 11) is 0. The Labute approximate surface area is 80.7 Å². The molecule has 0 atom stereocenters. The van der Waals surface area contributed by atoms with E-state index in [1.807, 2.05) is 13.8 Å². The number of nitrogens with zero attached hydrogens (tertiary/aromatic N) is 1. The summed E-state index contributed by atoms with van der Waals surface area (Å²) in [5.41, 5.74) is 2.62. The van der Waals surface area contributed by atoms with Crippen LogP contribution in [0.25, 0.3) is 0 Å². The first kappa shape index (κ1) is 9.85. The van der Waals surface area contributed by atoms with Crippen LogP contribution < -0.4 is 0 Å². The van der Waals surface area contributed by atoms with E-state index in [4.69, 9.17) is 0 Å². The van der Waals surface area contributed by atoms with Crippen LogP contribution in [0.2, 0.25) is 0 Å². The Morgan fingerprint density at radius 3 is 2.62 bits per heavy atom. The van der Waals surface area contributed by atoms with Gasteiger partial charge in [0.05, 0.1) is 0 Å². The van der Waals surface area contributed by atoms with Gasteiger partial charge in [-0.15, -0.1) is 0 Å². The monoisotopic (exact) mass is 175 g/mol. The van der Waals surface area contributed by atoms with Crippen molar-refractivity contribution >= 4 is 0 Å². The van der Waals surface area contributed by atoms with Gasteiger partial charge in [-0.25, -0.2) is 0 Å². The predicted molar refractivity (Wildman–Crippen MR) is 58.2 cm³/mol. The second kappa shape index (κ2) is 4.70. The molecule has 0 aromatic carbocycles. The van der Waals surface area contributed by atoms with E-state index in [-0.39, 0.29) is 0 Å². The minimum atomic E-state index is 1.01. The topological polar surface area (TPSA) is 3.24 Å². The SMILES string of the molecule is CC.CC1=CC=CC2=CC=CCN12. The lowest BCUT2D eigenvalue weighted by Gasteiger charge is -2.29. The molecule has 0 bridgehead atoms. The Balaban J connectivity index is 0.000000396. The number of fused-ring (bicyclic) bond motifs is 1. The predicted octanol–water partition coefficient (Wildman–Crippen LogP) is 3.24. The van der Waals surface area contributed by atoms with E-state index in [0.29, 0.717) is 0 Å². The Bertz CT molecular complexity index is 279. The third-order valence-electron chi connectivity index (χ3n) is 2.03. The van der Waals surface area contributed by atoms with Crippen molar-refractivity contribution in [2.75, 3.05) is 6.54 Å². The van der Waals surface area contributed by atoms with Crippen LogP contribution in [0.1, 0.15) is 20.8 Å². The fourth-order valence-electron chi connectivity index (χ4n) is 1.40. The average Bonchev–Trinajstić information content (AvgIpc) is 2.22. The smallest absolute Gasteiger partial charge is 0.0411 e. The summed E-state index contributed by atoms with van der Waals surface area (Å²) in [5.74, 6) is 0. The second-order valence-electron chi connectivity index (χ2n) is 2.80. The largest absolute Gasteiger partial charge is 0.342 e. The summed E-state index contributed by atoms with van der Waals surface area (Å²) in [5, 5.41) is 0. The van der Waals surface area contributed by atoms with Crippen LogP contribution in [-0.2, 0) is 0 Å². The second-order valence-corrected chi connectivity index (χ2v) is 2.80. The van der Waals surface area contributed by atoms with Crippen LogP contribution in [-0.4, -0.2) is 11.4 Å². The van der Waals surface area contributed by atoms with E-state index in [0.717, 1.165) is 6.54 Å². The maximum Gasteiger partial charge on any atom is 0.0411 e. The maximum atomic E-state index is 2.29. The molecule has 70 valence electrons. The number of allylic oxidation sites excluding steroid dienone is 6. The van der Waals surface area contributed by atoms with Gasteiger partial charge in [0.1, 0.15) is 0 Å². The van der Waals surface area contributed by atoms with Gasteiger partial charge in [0.2, 0.25) is 0 Å². The first-order chi connectivity index (χ1) is 6.38. The zero-order valence-corrected chi connectivity index (χ0v) is 8.62. The van der Waals surface area contributed by atoms with Gasteiger partial charge >= 0.3 is 0 Å². The quantitative estimate of drug-likeness (QED) is 0.546. The maximum absolute atomic E-state index is 2.29. The molecular weight excluding hydrogens is 158 g/mol. The van der Waals surface area contributed by atoms with Crippen molar-refractivity contribution in [3.05, 3.63) is 47.9 Å². The standard InChI is InChI=1S/C10H11N.C2H6/c1-9-5-4-7-10-6-2-3-8-11(9)10;1-2/h2-7H,8H2,1H3;1-2H3. The highest BCUT2D eigenvalue weighted by Crippen LogP contribution is 2.20. The molecule has 0 aromatic rings. The average molecular weight is 175 g/mol. The molecular formula is C12H17N. The zero-order valence-electron chi connectivity index (χ0n) is 8.62. The van der Waals surface area contributed by atoms with Crippen LogP contribution in [0.5, 0.6) is 0 Å². The fraction of sp³-hybridized carbons (Fsp3) is 0.333. The molecule has 0 radical (unpaired) electrons. The van der Waals surface area contributed by atoms with Crippen molar-refractivity contribution in [1.29, 1.82) is 0 Å². The minimum Gasteiger partial charge on any atom is -0.342 e. The van der Waals surface area contributed by atoms with Crippen LogP contribution in [0.3, 0.4) is 0 Å². The van der Waals surface area contributed by atoms with Crippen LogP contribution in [0, 0.1) is 0 Å². The van der Waals surface area contributed by atoms with E-state index >= 15 is 0 Å². The zero-order chi connectivity index (χ0) is 9.68. The molecule has 0 N–H and O–H groups in total.